The highest BCUT2D eigenvalue weighted by molar-refractivity contribution is 6.30. The van der Waals surface area contributed by atoms with E-state index in [1.54, 1.807) is 30.3 Å². The largest absolute Gasteiger partial charge is 0.351 e. The van der Waals surface area contributed by atoms with Gasteiger partial charge in [0.1, 0.15) is 11.9 Å². The Morgan fingerprint density at radius 1 is 1.17 bits per heavy atom. The molecule has 4 rings (SSSR count). The van der Waals surface area contributed by atoms with Gasteiger partial charge in [-0.3, -0.25) is 9.36 Å². The van der Waals surface area contributed by atoms with Gasteiger partial charge in [0.2, 0.25) is 5.91 Å². The Kier molecular flexibility index (Phi) is 6.95. The Hall–Kier alpha value is -3.63. The fraction of sp³-hybridized carbons (Fsp3) is 0.292. The molecule has 4 N–H and O–H groups in total. The predicted molar refractivity (Wildman–Crippen MR) is 132 cm³/mol. The van der Waals surface area contributed by atoms with E-state index in [9.17, 15) is 18.8 Å². The Bertz CT molecular complexity index is 1290. The first-order chi connectivity index (χ1) is 16.7. The number of halogens is 2. The summed E-state index contributed by atoms with van der Waals surface area (Å²) in [6.07, 6.45) is 1.87. The fourth-order valence-corrected chi connectivity index (χ4v) is 4.49. The summed E-state index contributed by atoms with van der Waals surface area (Å²) in [5, 5.41) is 6.15. The first-order valence-corrected chi connectivity index (χ1v) is 11.4. The third kappa shape index (κ3) is 4.94. The van der Waals surface area contributed by atoms with Crippen LogP contribution in [0.4, 0.5) is 19.7 Å². The van der Waals surface area contributed by atoms with Crippen LogP contribution in [-0.4, -0.2) is 65.1 Å². The Morgan fingerprint density at radius 2 is 1.91 bits per heavy atom. The molecule has 35 heavy (non-hydrogen) atoms. The Labute approximate surface area is 206 Å². The van der Waals surface area contributed by atoms with Crippen molar-refractivity contribution in [3.8, 4) is 0 Å². The molecule has 2 atom stereocenters. The predicted octanol–water partition coefficient (Wildman–Crippen LogP) is 3.21. The van der Waals surface area contributed by atoms with Crippen molar-refractivity contribution in [2.45, 2.75) is 25.0 Å². The summed E-state index contributed by atoms with van der Waals surface area (Å²) in [4.78, 5) is 41.6. The maximum atomic E-state index is 14.2. The summed E-state index contributed by atoms with van der Waals surface area (Å²) < 4.78 is 15.5. The van der Waals surface area contributed by atoms with Gasteiger partial charge in [0.15, 0.2) is 0 Å². The number of hydrogen-bond acceptors (Lipinski definition) is 4. The van der Waals surface area contributed by atoms with E-state index in [4.69, 9.17) is 17.3 Å². The molecule has 1 aromatic heterocycles. The van der Waals surface area contributed by atoms with Crippen molar-refractivity contribution < 1.29 is 18.8 Å². The molecule has 0 saturated carbocycles. The number of urea groups is 1. The minimum Gasteiger partial charge on any atom is -0.351 e. The van der Waals surface area contributed by atoms with E-state index in [0.29, 0.717) is 29.6 Å². The molecule has 0 radical (unpaired) electrons. The van der Waals surface area contributed by atoms with Gasteiger partial charge in [0.05, 0.1) is 16.2 Å². The molecule has 0 unspecified atom stereocenters. The van der Waals surface area contributed by atoms with Crippen LogP contribution in [0.1, 0.15) is 12.0 Å². The number of anilines is 1. The number of amides is 4. The Morgan fingerprint density at radius 3 is 2.63 bits per heavy atom. The summed E-state index contributed by atoms with van der Waals surface area (Å²) in [5.74, 6) is -0.990. The van der Waals surface area contributed by atoms with Gasteiger partial charge in [-0.25, -0.2) is 14.0 Å². The number of benzene rings is 2. The molecule has 3 aromatic rings. The van der Waals surface area contributed by atoms with E-state index in [1.165, 1.54) is 27.8 Å². The van der Waals surface area contributed by atoms with Crippen LogP contribution < -0.4 is 16.4 Å². The van der Waals surface area contributed by atoms with Crippen LogP contribution in [0.2, 0.25) is 5.02 Å². The SMILES string of the molecule is CN(C)[C@H]1C[C@@H](C(=O)NCc2cccc(Cl)c2F)N(C(=O)Nc2cn(C(N)=O)c3ccccc23)C1. The average molecular weight is 501 g/mol. The quantitative estimate of drug-likeness (QED) is 0.499. The van der Waals surface area contributed by atoms with Crippen molar-refractivity contribution in [2.75, 3.05) is 26.0 Å². The number of likely N-dealkylation sites (N-methyl/N-ethyl adjacent to an activating group) is 1. The van der Waals surface area contributed by atoms with Gasteiger partial charge in [0.25, 0.3) is 0 Å². The highest BCUT2D eigenvalue weighted by Crippen LogP contribution is 2.28. The molecule has 1 aliphatic rings. The van der Waals surface area contributed by atoms with Crippen molar-refractivity contribution in [1.82, 2.24) is 19.7 Å². The first-order valence-electron chi connectivity index (χ1n) is 11.0. The van der Waals surface area contributed by atoms with Crippen LogP contribution in [0.3, 0.4) is 0 Å². The van der Waals surface area contributed by atoms with Gasteiger partial charge in [-0.1, -0.05) is 41.9 Å². The lowest BCUT2D eigenvalue weighted by Crippen LogP contribution is -2.47. The fourth-order valence-electron chi connectivity index (χ4n) is 4.29. The molecule has 0 spiro atoms. The molecule has 1 saturated heterocycles. The van der Waals surface area contributed by atoms with Crippen LogP contribution in [-0.2, 0) is 11.3 Å². The minimum atomic E-state index is -0.769. The van der Waals surface area contributed by atoms with Crippen molar-refractivity contribution in [2.24, 2.45) is 5.73 Å². The lowest BCUT2D eigenvalue weighted by Gasteiger charge is -2.24. The number of aromatic nitrogens is 1. The molecule has 1 fully saturated rings. The summed E-state index contributed by atoms with van der Waals surface area (Å²) >= 11 is 5.83. The molecule has 2 heterocycles. The van der Waals surface area contributed by atoms with Crippen LogP contribution >= 0.6 is 11.6 Å². The van der Waals surface area contributed by atoms with Crippen molar-refractivity contribution in [1.29, 1.82) is 0 Å². The van der Waals surface area contributed by atoms with Crippen LogP contribution in [0, 0.1) is 5.82 Å². The number of carbonyl (C=O) groups excluding carboxylic acids is 3. The number of nitrogens with two attached hydrogens (primary N) is 1. The number of carbonyl (C=O) groups is 3. The number of hydrogen-bond donors (Lipinski definition) is 3. The molecule has 9 nitrogen and oxygen atoms in total. The second-order valence-electron chi connectivity index (χ2n) is 8.65. The zero-order valence-corrected chi connectivity index (χ0v) is 20.1. The monoisotopic (exact) mass is 500 g/mol. The molecular formula is C24H26ClFN6O3. The molecular weight excluding hydrogens is 475 g/mol. The van der Waals surface area contributed by atoms with Crippen molar-refractivity contribution in [3.05, 3.63) is 65.1 Å². The lowest BCUT2D eigenvalue weighted by atomic mass is 10.1. The lowest BCUT2D eigenvalue weighted by molar-refractivity contribution is -0.124. The van der Waals surface area contributed by atoms with E-state index in [-0.39, 0.29) is 23.2 Å². The maximum absolute atomic E-state index is 14.2. The number of nitrogens with zero attached hydrogens (tertiary/aromatic N) is 3. The van der Waals surface area contributed by atoms with Crippen molar-refractivity contribution in [3.63, 3.8) is 0 Å². The second kappa shape index (κ2) is 9.93. The number of primary amides is 1. The molecule has 11 heteroatoms. The van der Waals surface area contributed by atoms with Gasteiger partial charge in [-0.05, 0) is 32.6 Å². The van der Waals surface area contributed by atoms with Crippen molar-refractivity contribution >= 4 is 46.2 Å². The molecule has 0 bridgehead atoms. The third-order valence-corrected chi connectivity index (χ3v) is 6.54. The summed E-state index contributed by atoms with van der Waals surface area (Å²) in [7, 11) is 3.76. The van der Waals surface area contributed by atoms with E-state index >= 15 is 0 Å². The summed E-state index contributed by atoms with van der Waals surface area (Å²) in [6, 6.07) is 9.62. The number of nitrogens with one attached hydrogen (secondary N) is 2. The standard InChI is InChI=1S/C24H26ClFN6O3/c1-30(2)15-10-20(22(33)28-11-14-6-5-8-17(25)21(14)26)32(12-15)24(35)29-18-13-31(23(27)34)19-9-4-3-7-16(18)19/h3-9,13,15,20H,10-12H2,1-2H3,(H2,27,34)(H,28,33)(H,29,35)/t15-,20-/m0/s1. The summed E-state index contributed by atoms with van der Waals surface area (Å²) in [6.45, 7) is 0.257. The van der Waals surface area contributed by atoms with Gasteiger partial charge < -0.3 is 26.2 Å². The number of para-hydroxylation sites is 1. The number of likely N-dealkylation sites (tertiary alicyclic amines) is 1. The zero-order valence-electron chi connectivity index (χ0n) is 19.3. The van der Waals surface area contributed by atoms with E-state index in [0.717, 1.165) is 0 Å². The minimum absolute atomic E-state index is 0.0265. The second-order valence-corrected chi connectivity index (χ2v) is 9.06. The van der Waals surface area contributed by atoms with E-state index in [2.05, 4.69) is 10.6 Å². The number of rotatable bonds is 5. The summed E-state index contributed by atoms with van der Waals surface area (Å²) in [5.41, 5.74) is 6.68. The van der Waals surface area contributed by atoms with E-state index in [1.807, 2.05) is 19.0 Å². The first kappa shape index (κ1) is 24.5. The molecule has 4 amide bonds. The Balaban J connectivity index is 1.54. The zero-order chi connectivity index (χ0) is 25.3. The van der Waals surface area contributed by atoms with Gasteiger partial charge >= 0.3 is 12.1 Å². The maximum Gasteiger partial charge on any atom is 0.323 e. The van der Waals surface area contributed by atoms with E-state index < -0.39 is 29.8 Å². The highest BCUT2D eigenvalue weighted by Gasteiger charge is 2.40. The van der Waals surface area contributed by atoms with Gasteiger partial charge in [0, 0.05) is 36.3 Å². The highest BCUT2D eigenvalue weighted by atomic mass is 35.5. The molecule has 2 aromatic carbocycles. The normalized spacial score (nSPS) is 17.7. The average Bonchev–Trinajstić information content (AvgIpc) is 3.43. The van der Waals surface area contributed by atoms with Crippen LogP contribution in [0.25, 0.3) is 10.9 Å². The topological polar surface area (TPSA) is 113 Å². The van der Waals surface area contributed by atoms with Gasteiger partial charge in [-0.15, -0.1) is 0 Å². The molecule has 0 aliphatic carbocycles. The molecule has 1 aliphatic heterocycles. The molecule has 184 valence electrons. The third-order valence-electron chi connectivity index (χ3n) is 6.25. The van der Waals surface area contributed by atoms with Gasteiger partial charge in [-0.2, -0.15) is 0 Å². The van der Waals surface area contributed by atoms with Crippen LogP contribution in [0.15, 0.2) is 48.7 Å². The number of fused-ring (bicyclic) bond motifs is 1. The smallest absolute Gasteiger partial charge is 0.323 e. The van der Waals surface area contributed by atoms with Crippen LogP contribution in [0.5, 0.6) is 0 Å².